The van der Waals surface area contributed by atoms with Crippen LogP contribution in [0.25, 0.3) is 0 Å². The number of likely N-dealkylation sites (tertiary alicyclic amines) is 1. The molecule has 4 rings (SSSR count). The predicted octanol–water partition coefficient (Wildman–Crippen LogP) is 4.43. The maximum absolute atomic E-state index is 12.2. The van der Waals surface area contributed by atoms with Crippen LogP contribution in [0.2, 0.25) is 0 Å². The Labute approximate surface area is 167 Å². The van der Waals surface area contributed by atoms with Crippen LogP contribution in [-0.2, 0) is 4.74 Å². The van der Waals surface area contributed by atoms with Crippen LogP contribution < -0.4 is 0 Å². The maximum Gasteiger partial charge on any atom is 0.410 e. The Bertz CT molecular complexity index is 671. The van der Waals surface area contributed by atoms with Crippen LogP contribution in [0, 0.1) is 5.41 Å². The first kappa shape index (κ1) is 20.4. The number of hydrogen-bond acceptors (Lipinski definition) is 4. The molecule has 1 saturated carbocycles. The van der Waals surface area contributed by atoms with Crippen LogP contribution in [0.4, 0.5) is 4.79 Å². The van der Waals surface area contributed by atoms with Crippen LogP contribution in [0.15, 0.2) is 37.4 Å². The minimum absolute atomic E-state index is 0.153. The van der Waals surface area contributed by atoms with E-state index in [2.05, 4.69) is 25.7 Å². The second-order valence-corrected chi connectivity index (χ2v) is 8.97. The van der Waals surface area contributed by atoms with Gasteiger partial charge in [-0.3, -0.25) is 0 Å². The summed E-state index contributed by atoms with van der Waals surface area (Å²) >= 11 is 0. The number of aromatic amines is 1. The standard InChI is InChI=1S/C18H29N3O2.C3H4N2/c1-17(2,3)23-16(22)20-11-8-18(9-12-20)6-4-15(5-7-18)21-13-10-19-14-21;1-2-5-3-4-1/h10,13-15H,4-9,11-12H2,1-3H3;1-3H,(H,4,5). The van der Waals surface area contributed by atoms with Crippen molar-refractivity contribution in [3.8, 4) is 0 Å². The van der Waals surface area contributed by atoms with Crippen LogP contribution in [0.1, 0.15) is 65.3 Å². The average molecular weight is 388 g/mol. The normalized spacial score (nSPS) is 19.8. The summed E-state index contributed by atoms with van der Waals surface area (Å²) in [5, 5.41) is 0. The van der Waals surface area contributed by atoms with Gasteiger partial charge in [-0.1, -0.05) is 0 Å². The van der Waals surface area contributed by atoms with Gasteiger partial charge in [0.25, 0.3) is 0 Å². The van der Waals surface area contributed by atoms with E-state index in [1.165, 1.54) is 25.7 Å². The van der Waals surface area contributed by atoms with Crippen molar-refractivity contribution in [2.24, 2.45) is 5.41 Å². The first-order chi connectivity index (χ1) is 13.4. The lowest BCUT2D eigenvalue weighted by molar-refractivity contribution is 0.00188. The van der Waals surface area contributed by atoms with Crippen molar-refractivity contribution >= 4 is 6.09 Å². The number of imidazole rings is 2. The summed E-state index contributed by atoms with van der Waals surface area (Å²) in [4.78, 5) is 24.7. The summed E-state index contributed by atoms with van der Waals surface area (Å²) in [6, 6.07) is 0.604. The Morgan fingerprint density at radius 2 is 1.82 bits per heavy atom. The number of ether oxygens (including phenoxy) is 1. The number of carbonyl (C=O) groups is 1. The van der Waals surface area contributed by atoms with E-state index >= 15 is 0 Å². The van der Waals surface area contributed by atoms with E-state index in [-0.39, 0.29) is 6.09 Å². The number of H-pyrrole nitrogens is 1. The predicted molar refractivity (Wildman–Crippen MR) is 108 cm³/mol. The van der Waals surface area contributed by atoms with Crippen molar-refractivity contribution in [2.45, 2.75) is 70.9 Å². The topological polar surface area (TPSA) is 76.0 Å². The summed E-state index contributed by atoms with van der Waals surface area (Å²) in [6.07, 6.45) is 18.0. The van der Waals surface area contributed by atoms with E-state index in [1.807, 2.05) is 38.2 Å². The molecule has 0 aromatic carbocycles. The maximum atomic E-state index is 12.2. The Morgan fingerprint density at radius 1 is 1.11 bits per heavy atom. The highest BCUT2D eigenvalue weighted by Crippen LogP contribution is 2.47. The van der Waals surface area contributed by atoms with Gasteiger partial charge in [-0.25, -0.2) is 14.8 Å². The van der Waals surface area contributed by atoms with E-state index in [0.717, 1.165) is 25.9 Å². The lowest BCUT2D eigenvalue weighted by Gasteiger charge is -2.46. The Hall–Kier alpha value is -2.31. The molecule has 2 aromatic heterocycles. The van der Waals surface area contributed by atoms with E-state index in [1.54, 1.807) is 18.7 Å². The van der Waals surface area contributed by atoms with Crippen molar-refractivity contribution in [3.05, 3.63) is 37.4 Å². The molecule has 1 amide bonds. The average Bonchev–Trinajstić information content (AvgIpc) is 3.38. The molecule has 0 radical (unpaired) electrons. The first-order valence-electron chi connectivity index (χ1n) is 10.3. The Balaban J connectivity index is 0.000000391. The van der Waals surface area contributed by atoms with Crippen LogP contribution in [0.3, 0.4) is 0 Å². The number of nitrogens with one attached hydrogen (secondary N) is 1. The second-order valence-electron chi connectivity index (χ2n) is 8.97. The molecule has 2 fully saturated rings. The van der Waals surface area contributed by atoms with Gasteiger partial charge >= 0.3 is 6.09 Å². The number of hydrogen-bond donors (Lipinski definition) is 1. The fourth-order valence-electron chi connectivity index (χ4n) is 4.20. The lowest BCUT2D eigenvalue weighted by atomic mass is 9.67. The summed E-state index contributed by atoms with van der Waals surface area (Å²) in [5.74, 6) is 0. The van der Waals surface area contributed by atoms with Gasteiger partial charge in [0.2, 0.25) is 0 Å². The highest BCUT2D eigenvalue weighted by atomic mass is 16.6. The molecule has 1 aliphatic heterocycles. The fourth-order valence-corrected chi connectivity index (χ4v) is 4.20. The van der Waals surface area contributed by atoms with Gasteiger partial charge in [0.1, 0.15) is 5.60 Å². The Kier molecular flexibility index (Phi) is 6.42. The molecule has 1 N–H and O–H groups in total. The number of nitrogens with zero attached hydrogens (tertiary/aromatic N) is 4. The number of carbonyl (C=O) groups excluding carboxylic acids is 1. The summed E-state index contributed by atoms with van der Waals surface area (Å²) in [7, 11) is 0. The third kappa shape index (κ3) is 5.59. The molecule has 154 valence electrons. The molecule has 1 saturated heterocycles. The minimum Gasteiger partial charge on any atom is -0.444 e. The molecule has 0 bridgehead atoms. The quantitative estimate of drug-likeness (QED) is 0.785. The highest BCUT2D eigenvalue weighted by Gasteiger charge is 2.39. The molecule has 1 spiro atoms. The Morgan fingerprint density at radius 3 is 2.29 bits per heavy atom. The van der Waals surface area contributed by atoms with Gasteiger partial charge in [-0.15, -0.1) is 0 Å². The molecule has 2 aliphatic rings. The first-order valence-corrected chi connectivity index (χ1v) is 10.3. The molecule has 1 aliphatic carbocycles. The third-order valence-corrected chi connectivity index (χ3v) is 5.84. The van der Waals surface area contributed by atoms with Crippen LogP contribution >= 0.6 is 0 Å². The molecular formula is C21H33N5O2. The third-order valence-electron chi connectivity index (χ3n) is 5.84. The van der Waals surface area contributed by atoms with Crippen molar-refractivity contribution in [3.63, 3.8) is 0 Å². The highest BCUT2D eigenvalue weighted by molar-refractivity contribution is 5.68. The van der Waals surface area contributed by atoms with Crippen molar-refractivity contribution in [1.82, 2.24) is 24.4 Å². The molecule has 7 nitrogen and oxygen atoms in total. The van der Waals surface area contributed by atoms with Gasteiger partial charge in [-0.05, 0) is 64.7 Å². The summed E-state index contributed by atoms with van der Waals surface area (Å²) in [5.41, 5.74) is 0.0324. The zero-order valence-corrected chi connectivity index (χ0v) is 17.3. The van der Waals surface area contributed by atoms with Gasteiger partial charge in [0, 0.05) is 43.9 Å². The van der Waals surface area contributed by atoms with Gasteiger partial charge in [-0.2, -0.15) is 0 Å². The molecule has 2 aromatic rings. The van der Waals surface area contributed by atoms with Crippen molar-refractivity contribution in [1.29, 1.82) is 0 Å². The number of amides is 1. The SMILES string of the molecule is CC(C)(C)OC(=O)N1CCC2(CCC(n3ccnc3)CC2)CC1.c1c[nH]cn1. The largest absolute Gasteiger partial charge is 0.444 e. The monoisotopic (exact) mass is 387 g/mol. The van der Waals surface area contributed by atoms with E-state index in [4.69, 9.17) is 4.74 Å². The minimum atomic E-state index is -0.408. The second kappa shape index (κ2) is 8.80. The van der Waals surface area contributed by atoms with Crippen LogP contribution in [-0.4, -0.2) is 49.2 Å². The van der Waals surface area contributed by atoms with E-state index < -0.39 is 5.60 Å². The zero-order chi connectivity index (χ0) is 20.0. The zero-order valence-electron chi connectivity index (χ0n) is 17.3. The van der Waals surface area contributed by atoms with Crippen molar-refractivity contribution < 1.29 is 9.53 Å². The van der Waals surface area contributed by atoms with Gasteiger partial charge in [0.15, 0.2) is 0 Å². The molecule has 7 heteroatoms. The molecular weight excluding hydrogens is 354 g/mol. The number of rotatable bonds is 1. The van der Waals surface area contributed by atoms with Gasteiger partial charge in [0.05, 0.1) is 12.7 Å². The van der Waals surface area contributed by atoms with E-state index in [9.17, 15) is 4.79 Å². The fraction of sp³-hybridized carbons (Fsp3) is 0.667. The van der Waals surface area contributed by atoms with E-state index in [0.29, 0.717) is 11.5 Å². The summed E-state index contributed by atoms with van der Waals surface area (Å²) in [6.45, 7) is 7.45. The molecule has 0 unspecified atom stereocenters. The van der Waals surface area contributed by atoms with Crippen molar-refractivity contribution in [2.75, 3.05) is 13.1 Å². The van der Waals surface area contributed by atoms with Crippen LogP contribution in [0.5, 0.6) is 0 Å². The summed E-state index contributed by atoms with van der Waals surface area (Å²) < 4.78 is 7.75. The molecule has 0 atom stereocenters. The molecule has 3 heterocycles. The number of piperidine rings is 1. The smallest absolute Gasteiger partial charge is 0.410 e. The lowest BCUT2D eigenvalue weighted by Crippen LogP contribution is -2.46. The van der Waals surface area contributed by atoms with Gasteiger partial charge < -0.3 is 19.2 Å². The molecule has 28 heavy (non-hydrogen) atoms. The number of aromatic nitrogens is 4.